The van der Waals surface area contributed by atoms with Crippen LogP contribution in [0.5, 0.6) is 5.88 Å². The van der Waals surface area contributed by atoms with E-state index in [4.69, 9.17) is 18.9 Å². The molecule has 2 aromatic rings. The van der Waals surface area contributed by atoms with Gasteiger partial charge in [-0.15, -0.1) is 0 Å². The van der Waals surface area contributed by atoms with E-state index in [1.54, 1.807) is 62.3 Å². The lowest BCUT2D eigenvalue weighted by Crippen LogP contribution is -2.41. The first-order valence-electron chi connectivity index (χ1n) is 16.3. The highest BCUT2D eigenvalue weighted by molar-refractivity contribution is 5.81. The molecule has 0 unspecified atom stereocenters. The number of nitrogens with one attached hydrogen (secondary N) is 2. The molecule has 1 heterocycles. The van der Waals surface area contributed by atoms with E-state index in [9.17, 15) is 33.9 Å². The second-order valence-electron chi connectivity index (χ2n) is 14.6. The third kappa shape index (κ3) is 14.2. The highest BCUT2D eigenvalue weighted by Gasteiger charge is 2.37. The molecule has 14 heteroatoms. The van der Waals surface area contributed by atoms with Gasteiger partial charge in [-0.3, -0.25) is 19.4 Å². The number of benzene rings is 1. The normalized spacial score (nSPS) is 13.2. The fraction of sp³-hybridized carbons (Fsp3) is 0.600. The van der Waals surface area contributed by atoms with E-state index in [1.807, 2.05) is 30.3 Å². The van der Waals surface area contributed by atoms with Crippen molar-refractivity contribution in [2.24, 2.45) is 0 Å². The summed E-state index contributed by atoms with van der Waals surface area (Å²) in [6.45, 7) is 15.0. The zero-order valence-electron chi connectivity index (χ0n) is 30.0. The Morgan fingerprint density at radius 3 is 1.96 bits per heavy atom. The highest BCUT2D eigenvalue weighted by atomic mass is 16.6. The van der Waals surface area contributed by atoms with Crippen molar-refractivity contribution in [3.05, 3.63) is 62.3 Å². The fourth-order valence-corrected chi connectivity index (χ4v) is 4.71. The van der Waals surface area contributed by atoms with Crippen LogP contribution in [0.2, 0.25) is 0 Å². The van der Waals surface area contributed by atoms with Crippen molar-refractivity contribution in [1.82, 2.24) is 14.9 Å². The molecule has 0 spiro atoms. The molecule has 0 aliphatic heterocycles. The van der Waals surface area contributed by atoms with Crippen LogP contribution in [0.25, 0.3) is 0 Å². The van der Waals surface area contributed by atoms with Gasteiger partial charge in [0.05, 0.1) is 11.5 Å². The number of carbonyl (C=O) groups excluding carboxylic acids is 4. The van der Waals surface area contributed by atoms with E-state index in [1.165, 1.54) is 0 Å². The van der Waals surface area contributed by atoms with Gasteiger partial charge < -0.3 is 29.4 Å². The summed E-state index contributed by atoms with van der Waals surface area (Å²) in [5, 5.41) is 14.1. The van der Waals surface area contributed by atoms with Crippen LogP contribution in [0.4, 0.5) is 4.79 Å². The molecular weight excluding hydrogens is 638 g/mol. The first-order chi connectivity index (χ1) is 22.6. The van der Waals surface area contributed by atoms with E-state index in [0.717, 1.165) is 5.56 Å². The number of nitrogens with zero attached hydrogens (tertiary/aromatic N) is 1. The third-order valence-electron chi connectivity index (χ3n) is 6.63. The number of ether oxygens (including phenoxy) is 4. The predicted octanol–water partition coefficient (Wildman–Crippen LogP) is 4.77. The Bertz CT molecular complexity index is 1560. The topological polar surface area (TPSA) is 192 Å². The summed E-state index contributed by atoms with van der Waals surface area (Å²) >= 11 is 0. The van der Waals surface area contributed by atoms with Gasteiger partial charge in [0.2, 0.25) is 5.88 Å². The second kappa shape index (κ2) is 17.2. The number of aromatic nitrogens is 2. The molecule has 0 radical (unpaired) electrons. The minimum Gasteiger partial charge on any atom is -0.494 e. The first kappa shape index (κ1) is 40.6. The molecule has 0 saturated carbocycles. The van der Waals surface area contributed by atoms with Gasteiger partial charge >= 0.3 is 29.7 Å². The molecule has 0 aliphatic carbocycles. The quantitative estimate of drug-likeness (QED) is 0.141. The molecule has 2 rings (SSSR count). The number of alkyl carbamates (subject to hydrolysis) is 1. The zero-order chi connectivity index (χ0) is 37.2. The number of unbranched alkanes of at least 4 members (excludes halogenated alkanes) is 1. The molecule has 0 bridgehead atoms. The molecule has 14 nitrogen and oxygen atoms in total. The number of esters is 3. The van der Waals surface area contributed by atoms with Gasteiger partial charge in [-0.25, -0.2) is 19.0 Å². The average molecular weight is 690 g/mol. The molecule has 272 valence electrons. The van der Waals surface area contributed by atoms with Crippen LogP contribution in [-0.4, -0.2) is 62.0 Å². The molecule has 49 heavy (non-hydrogen) atoms. The summed E-state index contributed by atoms with van der Waals surface area (Å²) in [5.41, 5.74) is -4.71. The summed E-state index contributed by atoms with van der Waals surface area (Å²) in [7, 11) is 0. The van der Waals surface area contributed by atoms with Crippen molar-refractivity contribution >= 4 is 24.0 Å². The summed E-state index contributed by atoms with van der Waals surface area (Å²) in [5.74, 6) is -4.91. The maximum atomic E-state index is 13.5. The fourth-order valence-electron chi connectivity index (χ4n) is 4.71. The Morgan fingerprint density at radius 1 is 0.816 bits per heavy atom. The minimum absolute atomic E-state index is 0.0520. The molecular formula is C35H51N3O11. The number of H-pyrrole nitrogens is 1. The number of carbonyl (C=O) groups is 4. The Balaban J connectivity index is 2.38. The van der Waals surface area contributed by atoms with E-state index in [2.05, 4.69) is 10.3 Å². The van der Waals surface area contributed by atoms with Crippen LogP contribution in [0.15, 0.2) is 39.9 Å². The van der Waals surface area contributed by atoms with Crippen molar-refractivity contribution in [3.63, 3.8) is 0 Å². The van der Waals surface area contributed by atoms with Gasteiger partial charge in [-0.05, 0) is 93.6 Å². The maximum Gasteiger partial charge on any atom is 0.407 e. The van der Waals surface area contributed by atoms with Crippen molar-refractivity contribution in [3.8, 4) is 5.88 Å². The van der Waals surface area contributed by atoms with Gasteiger partial charge in [-0.2, -0.15) is 0 Å². The summed E-state index contributed by atoms with van der Waals surface area (Å²) in [6.07, 6.45) is -0.702. The number of aromatic hydroxyl groups is 1. The van der Waals surface area contributed by atoms with Crippen LogP contribution < -0.4 is 16.6 Å². The van der Waals surface area contributed by atoms with Gasteiger partial charge in [-0.1, -0.05) is 30.3 Å². The SMILES string of the molecule is CC(C)(C)OC(=O)CC[C@H](C(=O)OC(C)(C)C)c1c(O)n([C@@H](CCCCNC(=O)OCc2ccccc2)C(=O)OC(C)(C)C)c(=O)[nH]c1=O. The standard InChI is InChI=1S/C35H51N3O11/c1-33(2,3)47-25(39)19-18-23(29(42)48-34(4,5)6)26-27(40)37-31(44)38(28(26)41)24(30(43)49-35(7,8)9)17-13-14-20-36-32(45)46-21-22-15-11-10-12-16-22/h10-12,15-16,23-24,41H,13-14,17-21H2,1-9H3,(H,36,45)(H,37,40,44)/t23-,24-/m0/s1. The largest absolute Gasteiger partial charge is 0.494 e. The second-order valence-corrected chi connectivity index (χ2v) is 14.6. The molecule has 1 amide bonds. The maximum absolute atomic E-state index is 13.5. The Kier molecular flexibility index (Phi) is 14.2. The Labute approximate surface area is 286 Å². The number of hydrogen-bond donors (Lipinski definition) is 3. The van der Waals surface area contributed by atoms with Crippen molar-refractivity contribution in [2.45, 2.75) is 130 Å². The lowest BCUT2D eigenvalue weighted by molar-refractivity contribution is -0.160. The van der Waals surface area contributed by atoms with Crippen molar-refractivity contribution in [2.75, 3.05) is 6.54 Å². The van der Waals surface area contributed by atoms with Gasteiger partial charge in [0.25, 0.3) is 5.56 Å². The Hall–Kier alpha value is -4.62. The number of hydrogen-bond acceptors (Lipinski definition) is 11. The van der Waals surface area contributed by atoms with Crippen LogP contribution >= 0.6 is 0 Å². The first-order valence-corrected chi connectivity index (χ1v) is 16.3. The van der Waals surface area contributed by atoms with Gasteiger partial charge in [0.15, 0.2) is 0 Å². The van der Waals surface area contributed by atoms with Crippen molar-refractivity contribution in [1.29, 1.82) is 0 Å². The summed E-state index contributed by atoms with van der Waals surface area (Å²) < 4.78 is 22.3. The third-order valence-corrected chi connectivity index (χ3v) is 6.63. The monoisotopic (exact) mass is 689 g/mol. The minimum atomic E-state index is -1.51. The molecule has 0 saturated heterocycles. The lowest BCUT2D eigenvalue weighted by atomic mass is 9.95. The number of rotatable bonds is 14. The van der Waals surface area contributed by atoms with E-state index in [0.29, 0.717) is 11.0 Å². The number of amides is 1. The molecule has 1 aromatic heterocycles. The molecule has 0 fully saturated rings. The van der Waals surface area contributed by atoms with Crippen molar-refractivity contribution < 1.29 is 43.2 Å². The van der Waals surface area contributed by atoms with Crippen LogP contribution in [0, 0.1) is 0 Å². The van der Waals surface area contributed by atoms with Gasteiger partial charge in [0, 0.05) is 13.0 Å². The molecule has 0 aliphatic rings. The van der Waals surface area contributed by atoms with E-state index in [-0.39, 0.29) is 38.8 Å². The van der Waals surface area contributed by atoms with Crippen LogP contribution in [0.1, 0.15) is 118 Å². The van der Waals surface area contributed by atoms with E-state index < -0.39 is 75.5 Å². The van der Waals surface area contributed by atoms with Gasteiger partial charge in [0.1, 0.15) is 29.5 Å². The highest BCUT2D eigenvalue weighted by Crippen LogP contribution is 2.32. The van der Waals surface area contributed by atoms with Crippen LogP contribution in [-0.2, 0) is 39.9 Å². The average Bonchev–Trinajstić information content (AvgIpc) is 2.94. The molecule has 3 N–H and O–H groups in total. The Morgan fingerprint density at radius 2 is 1.39 bits per heavy atom. The zero-order valence-corrected chi connectivity index (χ0v) is 30.0. The van der Waals surface area contributed by atoms with E-state index >= 15 is 0 Å². The van der Waals surface area contributed by atoms with Crippen LogP contribution in [0.3, 0.4) is 0 Å². The summed E-state index contributed by atoms with van der Waals surface area (Å²) in [4.78, 5) is 80.1. The number of aromatic amines is 1. The predicted molar refractivity (Wildman–Crippen MR) is 180 cm³/mol. The molecule has 2 atom stereocenters. The smallest absolute Gasteiger partial charge is 0.407 e. The molecule has 1 aromatic carbocycles. The lowest BCUT2D eigenvalue weighted by Gasteiger charge is -2.27. The summed E-state index contributed by atoms with van der Waals surface area (Å²) in [6, 6.07) is 7.71.